The second-order valence-corrected chi connectivity index (χ2v) is 6.37. The molecule has 0 aliphatic carbocycles. The molecule has 2 aromatic rings. The number of nitriles is 1. The smallest absolute Gasteiger partial charge is 0.182 e. The number of sulfone groups is 1. The molecule has 19 heavy (non-hydrogen) atoms. The van der Waals surface area contributed by atoms with Crippen molar-refractivity contribution in [1.29, 1.82) is 5.26 Å². The van der Waals surface area contributed by atoms with Gasteiger partial charge >= 0.3 is 0 Å². The van der Waals surface area contributed by atoms with Crippen LogP contribution in [0.4, 0.5) is 0 Å². The molecule has 2 aromatic carbocycles. The Bertz CT molecular complexity index is 708. The van der Waals surface area contributed by atoms with Crippen molar-refractivity contribution in [3.8, 4) is 6.07 Å². The van der Waals surface area contributed by atoms with E-state index in [0.29, 0.717) is 16.0 Å². The predicted molar refractivity (Wildman–Crippen MR) is 73.2 cm³/mol. The fourth-order valence-electron chi connectivity index (χ4n) is 1.72. The van der Waals surface area contributed by atoms with Gasteiger partial charge in [0.05, 0.1) is 22.3 Å². The number of rotatable bonds is 3. The van der Waals surface area contributed by atoms with Gasteiger partial charge in [-0.3, -0.25) is 0 Å². The molecule has 0 aliphatic heterocycles. The van der Waals surface area contributed by atoms with E-state index >= 15 is 0 Å². The zero-order chi connectivity index (χ0) is 13.9. The van der Waals surface area contributed by atoms with E-state index in [0.717, 1.165) is 5.56 Å². The summed E-state index contributed by atoms with van der Waals surface area (Å²) in [5, 5.41) is 8.70. The standard InChI is InChI=1S/C15H13NO2S/c1-12-2-8-15(9-3-12)19(17,18)11-14-6-4-13(10-16)5-7-14/h2-9H,11H2,1H3. The van der Waals surface area contributed by atoms with Gasteiger partial charge in [0.2, 0.25) is 0 Å². The summed E-state index contributed by atoms with van der Waals surface area (Å²) >= 11 is 0. The van der Waals surface area contributed by atoms with Crippen molar-refractivity contribution >= 4 is 9.84 Å². The third kappa shape index (κ3) is 3.21. The molecule has 0 heterocycles. The molecule has 0 aromatic heterocycles. The molecular formula is C15H13NO2S. The lowest BCUT2D eigenvalue weighted by molar-refractivity contribution is 0.595. The molecule has 0 atom stereocenters. The number of aryl methyl sites for hydroxylation is 1. The maximum atomic E-state index is 12.2. The molecule has 3 nitrogen and oxygen atoms in total. The largest absolute Gasteiger partial charge is 0.223 e. The Balaban J connectivity index is 2.26. The maximum absolute atomic E-state index is 12.2. The zero-order valence-corrected chi connectivity index (χ0v) is 11.3. The average molecular weight is 271 g/mol. The summed E-state index contributed by atoms with van der Waals surface area (Å²) in [6.07, 6.45) is 0. The van der Waals surface area contributed by atoms with Gasteiger partial charge in [0, 0.05) is 0 Å². The van der Waals surface area contributed by atoms with E-state index < -0.39 is 9.84 Å². The van der Waals surface area contributed by atoms with Crippen LogP contribution in [0.25, 0.3) is 0 Å². The second-order valence-electron chi connectivity index (χ2n) is 4.38. The molecule has 0 bridgehead atoms. The Morgan fingerprint density at radius 2 is 1.58 bits per heavy atom. The van der Waals surface area contributed by atoms with Crippen molar-refractivity contribution in [2.45, 2.75) is 17.6 Å². The third-order valence-electron chi connectivity index (χ3n) is 2.82. The summed E-state index contributed by atoms with van der Waals surface area (Å²) in [5.41, 5.74) is 2.23. The molecule has 0 N–H and O–H groups in total. The van der Waals surface area contributed by atoms with E-state index in [1.807, 2.05) is 13.0 Å². The fourth-order valence-corrected chi connectivity index (χ4v) is 3.07. The van der Waals surface area contributed by atoms with Crippen LogP contribution in [0.1, 0.15) is 16.7 Å². The van der Waals surface area contributed by atoms with Crippen LogP contribution in [0.5, 0.6) is 0 Å². The first-order valence-electron chi connectivity index (χ1n) is 5.80. The molecule has 0 saturated carbocycles. The lowest BCUT2D eigenvalue weighted by atomic mass is 10.2. The van der Waals surface area contributed by atoms with Crippen LogP contribution in [0.15, 0.2) is 53.4 Å². The minimum atomic E-state index is -3.33. The Labute approximate surface area is 113 Å². The molecule has 2 rings (SSSR count). The molecule has 0 fully saturated rings. The van der Waals surface area contributed by atoms with Crippen molar-refractivity contribution in [2.75, 3.05) is 0 Å². The normalized spacial score (nSPS) is 10.9. The van der Waals surface area contributed by atoms with Gasteiger partial charge in [0.15, 0.2) is 9.84 Å². The summed E-state index contributed by atoms with van der Waals surface area (Å²) in [4.78, 5) is 0.322. The molecule has 0 unspecified atom stereocenters. The first-order chi connectivity index (χ1) is 9.01. The number of hydrogen-bond acceptors (Lipinski definition) is 3. The third-order valence-corrected chi connectivity index (χ3v) is 4.52. The molecule has 0 radical (unpaired) electrons. The minimum Gasteiger partial charge on any atom is -0.223 e. The van der Waals surface area contributed by atoms with Crippen molar-refractivity contribution < 1.29 is 8.42 Å². The SMILES string of the molecule is Cc1ccc(S(=O)(=O)Cc2ccc(C#N)cc2)cc1. The average Bonchev–Trinajstić information content (AvgIpc) is 2.40. The van der Waals surface area contributed by atoms with E-state index in [9.17, 15) is 8.42 Å². The van der Waals surface area contributed by atoms with Crippen molar-refractivity contribution in [3.63, 3.8) is 0 Å². The first-order valence-corrected chi connectivity index (χ1v) is 7.45. The Morgan fingerprint density at radius 1 is 1.00 bits per heavy atom. The highest BCUT2D eigenvalue weighted by atomic mass is 32.2. The summed E-state index contributed by atoms with van der Waals surface area (Å²) in [6.45, 7) is 1.91. The van der Waals surface area contributed by atoms with Crippen LogP contribution in [-0.4, -0.2) is 8.42 Å². The summed E-state index contributed by atoms with van der Waals surface area (Å²) < 4.78 is 24.4. The van der Waals surface area contributed by atoms with Gasteiger partial charge < -0.3 is 0 Å². The van der Waals surface area contributed by atoms with Gasteiger partial charge in [-0.2, -0.15) is 5.26 Å². The van der Waals surface area contributed by atoms with Gasteiger partial charge in [0.1, 0.15) is 0 Å². The molecule has 0 spiro atoms. The van der Waals surface area contributed by atoms with E-state index in [2.05, 4.69) is 0 Å². The predicted octanol–water partition coefficient (Wildman–Crippen LogP) is 2.84. The molecule has 0 amide bonds. The highest BCUT2D eigenvalue weighted by Crippen LogP contribution is 2.17. The number of hydrogen-bond donors (Lipinski definition) is 0. The Hall–Kier alpha value is -2.12. The van der Waals surface area contributed by atoms with Crippen LogP contribution in [0.3, 0.4) is 0 Å². The Kier molecular flexibility index (Phi) is 3.68. The van der Waals surface area contributed by atoms with Crippen LogP contribution >= 0.6 is 0 Å². The summed E-state index contributed by atoms with van der Waals surface area (Å²) in [6, 6.07) is 15.4. The van der Waals surface area contributed by atoms with Crippen molar-refractivity contribution in [3.05, 3.63) is 65.2 Å². The van der Waals surface area contributed by atoms with Gasteiger partial charge in [0.25, 0.3) is 0 Å². The molecular weight excluding hydrogens is 258 g/mol. The summed E-state index contributed by atoms with van der Waals surface area (Å²) in [5.74, 6) is -0.0538. The first kappa shape index (κ1) is 13.3. The van der Waals surface area contributed by atoms with E-state index in [-0.39, 0.29) is 5.75 Å². The van der Waals surface area contributed by atoms with Gasteiger partial charge in [-0.1, -0.05) is 29.8 Å². The van der Waals surface area contributed by atoms with E-state index in [4.69, 9.17) is 5.26 Å². The Morgan fingerprint density at radius 3 is 2.11 bits per heavy atom. The highest BCUT2D eigenvalue weighted by Gasteiger charge is 2.14. The van der Waals surface area contributed by atoms with Crippen molar-refractivity contribution in [1.82, 2.24) is 0 Å². The molecule has 0 saturated heterocycles. The fraction of sp³-hybridized carbons (Fsp3) is 0.133. The highest BCUT2D eigenvalue weighted by molar-refractivity contribution is 7.90. The van der Waals surface area contributed by atoms with Gasteiger partial charge in [-0.25, -0.2) is 8.42 Å². The summed E-state index contributed by atoms with van der Waals surface area (Å²) in [7, 11) is -3.33. The monoisotopic (exact) mass is 271 g/mol. The zero-order valence-electron chi connectivity index (χ0n) is 10.5. The quantitative estimate of drug-likeness (QED) is 0.862. The molecule has 96 valence electrons. The van der Waals surface area contributed by atoms with Crippen LogP contribution in [-0.2, 0) is 15.6 Å². The van der Waals surface area contributed by atoms with Gasteiger partial charge in [-0.15, -0.1) is 0 Å². The molecule has 0 aliphatic rings. The minimum absolute atomic E-state index is 0.0538. The lowest BCUT2D eigenvalue weighted by Gasteiger charge is -2.05. The maximum Gasteiger partial charge on any atom is 0.182 e. The van der Waals surface area contributed by atoms with Crippen LogP contribution < -0.4 is 0 Å². The number of nitrogens with zero attached hydrogens (tertiary/aromatic N) is 1. The van der Waals surface area contributed by atoms with Crippen LogP contribution in [0.2, 0.25) is 0 Å². The lowest BCUT2D eigenvalue weighted by Crippen LogP contribution is -2.04. The van der Waals surface area contributed by atoms with Crippen LogP contribution in [0, 0.1) is 18.3 Å². The second kappa shape index (κ2) is 5.25. The topological polar surface area (TPSA) is 57.9 Å². The van der Waals surface area contributed by atoms with E-state index in [1.165, 1.54) is 0 Å². The molecule has 4 heteroatoms. The van der Waals surface area contributed by atoms with Crippen molar-refractivity contribution in [2.24, 2.45) is 0 Å². The van der Waals surface area contributed by atoms with Gasteiger partial charge in [-0.05, 0) is 36.8 Å². The number of benzene rings is 2. The van der Waals surface area contributed by atoms with E-state index in [1.54, 1.807) is 48.5 Å².